The molecule has 8 nitrogen and oxygen atoms in total. The number of carbonyl (C=O) groups is 1. The second-order valence-corrected chi connectivity index (χ2v) is 9.35. The van der Waals surface area contributed by atoms with E-state index >= 15 is 0 Å². The number of para-hydroxylation sites is 1. The van der Waals surface area contributed by atoms with Gasteiger partial charge in [0.1, 0.15) is 0 Å². The van der Waals surface area contributed by atoms with Gasteiger partial charge in [-0.2, -0.15) is 0 Å². The summed E-state index contributed by atoms with van der Waals surface area (Å²) >= 11 is 1.35. The Labute approximate surface area is 201 Å². The molecule has 1 fully saturated rings. The molecule has 1 amide bonds. The van der Waals surface area contributed by atoms with Gasteiger partial charge in [-0.1, -0.05) is 60.3 Å². The van der Waals surface area contributed by atoms with Gasteiger partial charge in [0.2, 0.25) is 11.7 Å². The van der Waals surface area contributed by atoms with E-state index in [9.17, 15) is 9.59 Å². The van der Waals surface area contributed by atoms with Crippen LogP contribution in [0.4, 0.5) is 0 Å². The molecule has 0 aliphatic carbocycles. The van der Waals surface area contributed by atoms with Gasteiger partial charge in [0, 0.05) is 26.2 Å². The lowest BCUT2D eigenvalue weighted by Gasteiger charge is -2.40. The molecule has 0 saturated carbocycles. The molecule has 0 N–H and O–H groups in total. The monoisotopic (exact) mass is 474 g/mol. The Morgan fingerprint density at radius 2 is 1.88 bits per heavy atom. The van der Waals surface area contributed by atoms with Crippen molar-refractivity contribution in [2.24, 2.45) is 0 Å². The molecule has 34 heavy (non-hydrogen) atoms. The van der Waals surface area contributed by atoms with Gasteiger partial charge in [-0.05, 0) is 24.7 Å². The molecule has 174 valence electrons. The van der Waals surface area contributed by atoms with Crippen molar-refractivity contribution in [2.75, 3.05) is 32.4 Å². The largest absolute Gasteiger partial charge is 0.332 e. The number of hydrogen-bond donors (Lipinski definition) is 0. The van der Waals surface area contributed by atoms with E-state index in [0.29, 0.717) is 29.4 Å². The van der Waals surface area contributed by atoms with E-state index in [4.69, 9.17) is 0 Å². The summed E-state index contributed by atoms with van der Waals surface area (Å²) in [5, 5.41) is 9.79. The summed E-state index contributed by atoms with van der Waals surface area (Å²) in [5.74, 6) is 0.746. The Bertz CT molecular complexity index is 1410. The smallest absolute Gasteiger partial charge is 0.263 e. The summed E-state index contributed by atoms with van der Waals surface area (Å²) in [6.07, 6.45) is 1.66. The van der Waals surface area contributed by atoms with Crippen LogP contribution in [0.25, 0.3) is 16.7 Å². The molecule has 0 bridgehead atoms. The highest BCUT2D eigenvalue weighted by Crippen LogP contribution is 2.27. The molecule has 2 aromatic carbocycles. The summed E-state index contributed by atoms with van der Waals surface area (Å²) in [6.45, 7) is 6.41. The fourth-order valence-corrected chi connectivity index (χ4v) is 5.33. The molecule has 0 spiro atoms. The minimum absolute atomic E-state index is 0.0156. The zero-order chi connectivity index (χ0) is 23.7. The Morgan fingerprint density at radius 3 is 2.68 bits per heavy atom. The van der Waals surface area contributed by atoms with Crippen LogP contribution in [0.3, 0.4) is 0 Å². The third-order valence-corrected chi connectivity index (χ3v) is 7.12. The van der Waals surface area contributed by atoms with Crippen molar-refractivity contribution >= 4 is 34.3 Å². The molecule has 3 heterocycles. The Hall–Kier alpha value is -3.43. The highest BCUT2D eigenvalue weighted by molar-refractivity contribution is 7.99. The number of rotatable bonds is 6. The van der Waals surface area contributed by atoms with Crippen LogP contribution in [0.15, 0.2) is 77.2 Å². The van der Waals surface area contributed by atoms with Gasteiger partial charge < -0.3 is 9.80 Å². The fraction of sp³-hybridized carbons (Fsp3) is 0.280. The van der Waals surface area contributed by atoms with Crippen molar-refractivity contribution in [1.82, 2.24) is 29.0 Å². The van der Waals surface area contributed by atoms with E-state index in [1.165, 1.54) is 11.8 Å². The summed E-state index contributed by atoms with van der Waals surface area (Å²) in [6, 6.07) is 17.6. The normalized spacial score (nSPS) is 16.9. The second kappa shape index (κ2) is 9.44. The van der Waals surface area contributed by atoms with Gasteiger partial charge >= 0.3 is 0 Å². The number of piperazine rings is 1. The van der Waals surface area contributed by atoms with Crippen LogP contribution in [0.5, 0.6) is 0 Å². The second-order valence-electron chi connectivity index (χ2n) is 8.40. The molecule has 1 unspecified atom stereocenters. The number of likely N-dealkylation sites (N-methyl/N-ethyl adjacent to an activating group) is 1. The topological polar surface area (TPSA) is 75.7 Å². The van der Waals surface area contributed by atoms with Crippen LogP contribution in [0, 0.1) is 0 Å². The van der Waals surface area contributed by atoms with Crippen LogP contribution < -0.4 is 5.56 Å². The molecule has 9 heteroatoms. The molecule has 1 atom stereocenters. The van der Waals surface area contributed by atoms with E-state index in [-0.39, 0.29) is 23.3 Å². The molecule has 4 aromatic rings. The van der Waals surface area contributed by atoms with E-state index < -0.39 is 0 Å². The zero-order valence-corrected chi connectivity index (χ0v) is 19.8. The Balaban J connectivity index is 1.45. The van der Waals surface area contributed by atoms with Crippen LogP contribution >= 0.6 is 11.8 Å². The number of thioether (sulfide) groups is 1. The van der Waals surface area contributed by atoms with E-state index in [1.807, 2.05) is 45.7 Å². The van der Waals surface area contributed by atoms with Crippen LogP contribution in [-0.2, 0) is 11.3 Å². The average molecular weight is 475 g/mol. The molecule has 5 rings (SSSR count). The summed E-state index contributed by atoms with van der Waals surface area (Å²) in [7, 11) is 2.09. The standard InChI is InChI=1S/C25H26N6O2S/c1-3-13-30-23(33)19-11-7-8-12-20(19)31-24(30)26-27-25(31)34-17-22(32)29-15-14-28(2)16-21(29)18-9-5-4-6-10-18/h3-12,21H,1,13-17H2,2H3. The number of benzene rings is 2. The van der Waals surface area contributed by atoms with E-state index in [0.717, 1.165) is 24.2 Å². The van der Waals surface area contributed by atoms with Gasteiger partial charge in [0.15, 0.2) is 5.16 Å². The van der Waals surface area contributed by atoms with Crippen molar-refractivity contribution in [1.29, 1.82) is 0 Å². The predicted molar refractivity (Wildman–Crippen MR) is 134 cm³/mol. The third-order valence-electron chi connectivity index (χ3n) is 6.20. The van der Waals surface area contributed by atoms with Crippen LogP contribution in [0.1, 0.15) is 11.6 Å². The van der Waals surface area contributed by atoms with Gasteiger partial charge in [-0.25, -0.2) is 0 Å². The number of carbonyl (C=O) groups excluding carboxylic acids is 1. The maximum absolute atomic E-state index is 13.4. The lowest BCUT2D eigenvalue weighted by Crippen LogP contribution is -2.49. The number of hydrogen-bond acceptors (Lipinski definition) is 6. The first kappa shape index (κ1) is 22.4. The number of amides is 1. The number of nitrogens with zero attached hydrogens (tertiary/aromatic N) is 6. The van der Waals surface area contributed by atoms with Gasteiger partial charge in [0.25, 0.3) is 5.56 Å². The molecule has 1 saturated heterocycles. The van der Waals surface area contributed by atoms with E-state index in [2.05, 4.69) is 40.9 Å². The summed E-state index contributed by atoms with van der Waals surface area (Å²) in [5.41, 5.74) is 1.73. The minimum Gasteiger partial charge on any atom is -0.332 e. The summed E-state index contributed by atoms with van der Waals surface area (Å²) < 4.78 is 3.41. The predicted octanol–water partition coefficient (Wildman–Crippen LogP) is 2.84. The quantitative estimate of drug-likeness (QED) is 0.316. The maximum atomic E-state index is 13.4. The van der Waals surface area contributed by atoms with Crippen LogP contribution in [-0.4, -0.2) is 67.3 Å². The number of aromatic nitrogens is 4. The van der Waals surface area contributed by atoms with E-state index in [1.54, 1.807) is 16.7 Å². The van der Waals surface area contributed by atoms with Crippen molar-refractivity contribution < 1.29 is 4.79 Å². The third kappa shape index (κ3) is 4.01. The first-order valence-electron chi connectivity index (χ1n) is 11.2. The highest BCUT2D eigenvalue weighted by Gasteiger charge is 2.30. The first-order valence-corrected chi connectivity index (χ1v) is 12.2. The maximum Gasteiger partial charge on any atom is 0.263 e. The van der Waals surface area contributed by atoms with Gasteiger partial charge in [0.05, 0.1) is 22.7 Å². The van der Waals surface area contributed by atoms with Crippen molar-refractivity contribution in [3.8, 4) is 0 Å². The SMILES string of the molecule is C=CCn1c(=O)c2ccccc2n2c(SCC(=O)N3CCN(C)CC3c3ccccc3)nnc12. The molecule has 0 radical (unpaired) electrons. The zero-order valence-electron chi connectivity index (χ0n) is 19.0. The molecule has 1 aliphatic rings. The number of allylic oxidation sites excluding steroid dienone is 1. The fourth-order valence-electron chi connectivity index (χ4n) is 4.51. The molecule has 1 aliphatic heterocycles. The van der Waals surface area contributed by atoms with Crippen molar-refractivity contribution in [3.63, 3.8) is 0 Å². The highest BCUT2D eigenvalue weighted by atomic mass is 32.2. The number of fused-ring (bicyclic) bond motifs is 3. The first-order chi connectivity index (χ1) is 16.6. The van der Waals surface area contributed by atoms with Crippen molar-refractivity contribution in [3.05, 3.63) is 83.2 Å². The molecule has 2 aromatic heterocycles. The average Bonchev–Trinajstić information content (AvgIpc) is 3.29. The van der Waals surface area contributed by atoms with Crippen molar-refractivity contribution in [2.45, 2.75) is 17.7 Å². The Morgan fingerprint density at radius 1 is 1.12 bits per heavy atom. The molecular weight excluding hydrogens is 448 g/mol. The summed E-state index contributed by atoms with van der Waals surface area (Å²) in [4.78, 5) is 30.6. The van der Waals surface area contributed by atoms with Gasteiger partial charge in [-0.3, -0.25) is 18.6 Å². The Kier molecular flexibility index (Phi) is 6.21. The van der Waals surface area contributed by atoms with Crippen LogP contribution in [0.2, 0.25) is 0 Å². The lowest BCUT2D eigenvalue weighted by molar-refractivity contribution is -0.133. The molecular formula is C25H26N6O2S. The lowest BCUT2D eigenvalue weighted by atomic mass is 10.0. The van der Waals surface area contributed by atoms with Gasteiger partial charge in [-0.15, -0.1) is 16.8 Å². The minimum atomic E-state index is -0.133.